The van der Waals surface area contributed by atoms with E-state index in [4.69, 9.17) is 5.21 Å². The van der Waals surface area contributed by atoms with Crippen molar-refractivity contribution < 1.29 is 24.7 Å². The summed E-state index contributed by atoms with van der Waals surface area (Å²) in [7, 11) is 0. The molecule has 9 nitrogen and oxygen atoms in total. The number of carbonyl (C=O) groups excluding carboxylic acids is 3. The highest BCUT2D eigenvalue weighted by Gasteiger charge is 2.25. The molecule has 0 saturated carbocycles. The maximum atomic E-state index is 12.3. The predicted octanol–water partition coefficient (Wildman–Crippen LogP) is 1.35. The minimum Gasteiger partial charge on any atom is -0.391 e. The average molecular weight is 467 g/mol. The molecule has 0 aromatic heterocycles. The molecule has 34 heavy (non-hydrogen) atoms. The molecule has 0 heterocycles. The summed E-state index contributed by atoms with van der Waals surface area (Å²) in [6, 6.07) is 12.3. The average Bonchev–Trinajstić information content (AvgIpc) is 2.84. The van der Waals surface area contributed by atoms with Crippen LogP contribution >= 0.6 is 0 Å². The predicted molar refractivity (Wildman–Crippen MR) is 128 cm³/mol. The van der Waals surface area contributed by atoms with Gasteiger partial charge < -0.3 is 15.7 Å². The van der Waals surface area contributed by atoms with Crippen LogP contribution in [0.4, 0.5) is 5.69 Å². The van der Waals surface area contributed by atoms with Crippen LogP contribution in [-0.2, 0) is 9.59 Å². The van der Waals surface area contributed by atoms with Crippen molar-refractivity contribution in [2.45, 2.75) is 32.9 Å². The highest BCUT2D eigenvalue weighted by atomic mass is 16.5. The van der Waals surface area contributed by atoms with E-state index in [1.807, 2.05) is 30.9 Å². The number of hydrogen-bond donors (Lipinski definition) is 5. The fourth-order valence-corrected chi connectivity index (χ4v) is 3.04. The fourth-order valence-electron chi connectivity index (χ4n) is 3.04. The molecule has 0 saturated heterocycles. The molecule has 3 amide bonds. The van der Waals surface area contributed by atoms with Crippen LogP contribution in [-0.4, -0.2) is 64.7 Å². The van der Waals surface area contributed by atoms with Crippen molar-refractivity contribution in [1.82, 2.24) is 15.7 Å². The van der Waals surface area contributed by atoms with Gasteiger partial charge in [0, 0.05) is 22.4 Å². The molecule has 2 rings (SSSR count). The first kappa shape index (κ1) is 26.5. The summed E-state index contributed by atoms with van der Waals surface area (Å²) in [5.74, 6) is 4.47. The van der Waals surface area contributed by atoms with Gasteiger partial charge in [0.2, 0.25) is 5.91 Å². The van der Waals surface area contributed by atoms with Crippen LogP contribution in [0.3, 0.4) is 0 Å². The number of likely N-dealkylation sites (N-methyl/N-ethyl adjacent to an activating group) is 1. The summed E-state index contributed by atoms with van der Waals surface area (Å²) in [6.07, 6.45) is -1.19. The Bertz CT molecular complexity index is 1040. The van der Waals surface area contributed by atoms with E-state index in [9.17, 15) is 19.5 Å². The summed E-state index contributed by atoms with van der Waals surface area (Å²) in [5, 5.41) is 23.6. The van der Waals surface area contributed by atoms with Crippen molar-refractivity contribution in [3.63, 3.8) is 0 Å². The Balaban J connectivity index is 1.98. The Hall–Kier alpha value is -3.71. The molecule has 9 heteroatoms. The summed E-state index contributed by atoms with van der Waals surface area (Å²) in [4.78, 5) is 38.0. The standard InChI is InChI=1S/C25H30N4O5/c1-4-29(5-2)16-22(31)26-21-14-10-19(11-15-21)7-6-18-8-12-20(13-9-18)24(32)27-23(17(3)30)25(33)28-34/h8-15,17,23,30,34H,4-5,16H2,1-3H3,(H,26,31)(H,27,32)(H,28,33). The zero-order valence-corrected chi connectivity index (χ0v) is 19.5. The lowest BCUT2D eigenvalue weighted by Gasteiger charge is -2.19. The molecule has 2 atom stereocenters. The van der Waals surface area contributed by atoms with Crippen molar-refractivity contribution in [2.75, 3.05) is 25.0 Å². The molecule has 180 valence electrons. The van der Waals surface area contributed by atoms with Gasteiger partial charge in [0.25, 0.3) is 11.8 Å². The number of anilines is 1. The zero-order chi connectivity index (χ0) is 25.1. The number of aliphatic hydroxyl groups excluding tert-OH is 1. The Morgan fingerprint density at radius 2 is 1.47 bits per heavy atom. The van der Waals surface area contributed by atoms with Gasteiger partial charge in [0.15, 0.2) is 0 Å². The molecule has 0 aliphatic heterocycles. The Kier molecular flexibility index (Phi) is 10.2. The molecule has 0 aliphatic rings. The lowest BCUT2D eigenvalue weighted by molar-refractivity contribution is -0.133. The van der Waals surface area contributed by atoms with Crippen LogP contribution in [0.2, 0.25) is 0 Å². The molecular formula is C25H30N4O5. The van der Waals surface area contributed by atoms with E-state index < -0.39 is 24.0 Å². The number of rotatable bonds is 9. The topological polar surface area (TPSA) is 131 Å². The van der Waals surface area contributed by atoms with Gasteiger partial charge in [-0.2, -0.15) is 0 Å². The minimum atomic E-state index is -1.29. The number of aliphatic hydroxyl groups is 1. The minimum absolute atomic E-state index is 0.0663. The Morgan fingerprint density at radius 3 is 1.94 bits per heavy atom. The fraction of sp³-hybridized carbons (Fsp3) is 0.320. The van der Waals surface area contributed by atoms with Gasteiger partial charge in [-0.05, 0) is 68.5 Å². The third kappa shape index (κ3) is 8.01. The summed E-state index contributed by atoms with van der Waals surface area (Å²) < 4.78 is 0. The molecule has 0 spiro atoms. The lowest BCUT2D eigenvalue weighted by Crippen LogP contribution is -2.51. The second kappa shape index (κ2) is 13.1. The molecule has 0 radical (unpaired) electrons. The summed E-state index contributed by atoms with van der Waals surface area (Å²) in [5.41, 5.74) is 3.82. The Morgan fingerprint density at radius 1 is 0.941 bits per heavy atom. The molecule has 2 unspecified atom stereocenters. The van der Waals surface area contributed by atoms with Crippen LogP contribution < -0.4 is 16.1 Å². The second-order valence-corrected chi connectivity index (χ2v) is 7.58. The van der Waals surface area contributed by atoms with Crippen molar-refractivity contribution in [1.29, 1.82) is 0 Å². The first-order valence-electron chi connectivity index (χ1n) is 10.9. The van der Waals surface area contributed by atoms with Crippen LogP contribution in [0.1, 0.15) is 42.3 Å². The van der Waals surface area contributed by atoms with E-state index in [1.54, 1.807) is 36.4 Å². The van der Waals surface area contributed by atoms with Gasteiger partial charge in [-0.1, -0.05) is 25.7 Å². The van der Waals surface area contributed by atoms with Crippen molar-refractivity contribution in [2.24, 2.45) is 0 Å². The number of hydrogen-bond acceptors (Lipinski definition) is 6. The van der Waals surface area contributed by atoms with E-state index in [0.29, 0.717) is 17.8 Å². The molecule has 2 aromatic carbocycles. The summed E-state index contributed by atoms with van der Waals surface area (Å²) >= 11 is 0. The van der Waals surface area contributed by atoms with Gasteiger partial charge in [-0.25, -0.2) is 5.48 Å². The third-order valence-electron chi connectivity index (χ3n) is 5.09. The van der Waals surface area contributed by atoms with Gasteiger partial charge in [-0.15, -0.1) is 0 Å². The molecule has 5 N–H and O–H groups in total. The summed E-state index contributed by atoms with van der Waals surface area (Å²) in [6.45, 7) is 7.32. The van der Waals surface area contributed by atoms with Gasteiger partial charge >= 0.3 is 0 Å². The van der Waals surface area contributed by atoms with Crippen molar-refractivity contribution in [3.05, 3.63) is 65.2 Å². The van der Waals surface area contributed by atoms with E-state index in [1.165, 1.54) is 12.4 Å². The van der Waals surface area contributed by atoms with Crippen LogP contribution in [0.5, 0.6) is 0 Å². The number of carbonyl (C=O) groups is 3. The molecule has 0 fully saturated rings. The Labute approximate surface area is 199 Å². The van der Waals surface area contributed by atoms with Crippen molar-refractivity contribution in [3.8, 4) is 11.8 Å². The van der Waals surface area contributed by atoms with E-state index >= 15 is 0 Å². The van der Waals surface area contributed by atoms with E-state index in [2.05, 4.69) is 22.5 Å². The first-order valence-corrected chi connectivity index (χ1v) is 10.9. The lowest BCUT2D eigenvalue weighted by atomic mass is 10.1. The van der Waals surface area contributed by atoms with Gasteiger partial charge in [0.1, 0.15) is 6.04 Å². The number of nitrogens with one attached hydrogen (secondary N) is 3. The molecule has 0 bridgehead atoms. The first-order chi connectivity index (χ1) is 16.3. The largest absolute Gasteiger partial charge is 0.391 e. The molecule has 0 aliphatic carbocycles. The zero-order valence-electron chi connectivity index (χ0n) is 19.5. The smallest absolute Gasteiger partial charge is 0.268 e. The van der Waals surface area contributed by atoms with Gasteiger partial charge in [0.05, 0.1) is 12.6 Å². The van der Waals surface area contributed by atoms with Crippen LogP contribution in [0, 0.1) is 11.8 Å². The maximum Gasteiger partial charge on any atom is 0.268 e. The third-order valence-corrected chi connectivity index (χ3v) is 5.09. The highest BCUT2D eigenvalue weighted by Crippen LogP contribution is 2.10. The van der Waals surface area contributed by atoms with Gasteiger partial charge in [-0.3, -0.25) is 24.5 Å². The number of hydroxylamine groups is 1. The van der Waals surface area contributed by atoms with Crippen molar-refractivity contribution >= 4 is 23.4 Å². The van der Waals surface area contributed by atoms with Crippen LogP contribution in [0.25, 0.3) is 0 Å². The highest BCUT2D eigenvalue weighted by molar-refractivity contribution is 5.97. The number of nitrogens with zero attached hydrogens (tertiary/aromatic N) is 1. The van der Waals surface area contributed by atoms with Crippen LogP contribution in [0.15, 0.2) is 48.5 Å². The molecule has 2 aromatic rings. The normalized spacial score (nSPS) is 12.2. The second-order valence-electron chi connectivity index (χ2n) is 7.58. The van der Waals surface area contributed by atoms with E-state index in [-0.39, 0.29) is 11.5 Å². The monoisotopic (exact) mass is 466 g/mol. The van der Waals surface area contributed by atoms with E-state index in [0.717, 1.165) is 18.7 Å². The number of amides is 3. The number of benzene rings is 2. The molecular weight excluding hydrogens is 436 g/mol. The maximum absolute atomic E-state index is 12.3. The quantitative estimate of drug-likeness (QED) is 0.215. The SMILES string of the molecule is CCN(CC)CC(=O)Nc1ccc(C#Cc2ccc(C(=O)NC(C(=O)NO)C(C)O)cc2)cc1.